The molecule has 0 saturated carbocycles. The number of nitrogens with zero attached hydrogens (tertiary/aromatic N) is 1. The van der Waals surface area contributed by atoms with Gasteiger partial charge in [0.2, 0.25) is 0 Å². The molecule has 0 bridgehead atoms. The van der Waals surface area contributed by atoms with Gasteiger partial charge in [-0.1, -0.05) is 49.8 Å². The molecule has 0 spiro atoms. The first-order chi connectivity index (χ1) is 6.74. The molecule has 0 aliphatic heterocycles. The zero-order chi connectivity index (χ0) is 10.8. The summed E-state index contributed by atoms with van der Waals surface area (Å²) in [6.45, 7) is 7.47. The summed E-state index contributed by atoms with van der Waals surface area (Å²) in [4.78, 5) is 0. The Morgan fingerprint density at radius 2 is 2.14 bits per heavy atom. The van der Waals surface area contributed by atoms with Gasteiger partial charge in [0.25, 0.3) is 0 Å². The molecule has 0 radical (unpaired) electrons. The maximum atomic E-state index is 7.51. The Hall–Kier alpha value is -1.55. The summed E-state index contributed by atoms with van der Waals surface area (Å²) in [5.74, 6) is 0. The molecule has 1 nitrogen and oxygen atoms in total. The zero-order valence-corrected chi connectivity index (χ0v) is 8.96. The number of allylic oxidation sites excluding steroid dienone is 1. The van der Waals surface area contributed by atoms with Gasteiger partial charge in [-0.25, -0.2) is 0 Å². The van der Waals surface area contributed by atoms with Crippen molar-refractivity contribution in [2.45, 2.75) is 26.7 Å². The first-order valence-corrected chi connectivity index (χ1v) is 4.80. The number of rotatable bonds is 2. The van der Waals surface area contributed by atoms with Crippen molar-refractivity contribution in [3.63, 3.8) is 0 Å². The molecule has 1 aromatic rings. The van der Waals surface area contributed by atoms with E-state index in [0.717, 1.165) is 0 Å². The largest absolute Gasteiger partial charge is 0.193 e. The second-order valence-electron chi connectivity index (χ2n) is 3.07. The van der Waals surface area contributed by atoms with Gasteiger partial charge in [0.05, 0.1) is 6.07 Å². The molecule has 0 amide bonds. The highest BCUT2D eigenvalue weighted by molar-refractivity contribution is 5.21. The van der Waals surface area contributed by atoms with E-state index in [4.69, 9.17) is 5.26 Å². The van der Waals surface area contributed by atoms with E-state index in [1.807, 2.05) is 0 Å². The van der Waals surface area contributed by atoms with Gasteiger partial charge in [0.1, 0.15) is 0 Å². The van der Waals surface area contributed by atoms with Crippen LogP contribution >= 0.6 is 0 Å². The smallest absolute Gasteiger partial charge is 0.0905 e. The summed E-state index contributed by atoms with van der Waals surface area (Å²) in [6.07, 6.45) is 3.63. The van der Waals surface area contributed by atoms with Crippen molar-refractivity contribution in [1.29, 1.82) is 5.26 Å². The Kier molecular flexibility index (Phi) is 7.17. The summed E-state index contributed by atoms with van der Waals surface area (Å²) in [7, 11) is 0. The maximum Gasteiger partial charge on any atom is 0.0905 e. The van der Waals surface area contributed by atoms with Crippen LogP contribution < -0.4 is 0 Å². The fraction of sp³-hybridized carbons (Fsp3) is 0.308. The van der Waals surface area contributed by atoms with E-state index in [1.165, 1.54) is 30.0 Å². The van der Waals surface area contributed by atoms with Gasteiger partial charge in [0.15, 0.2) is 0 Å². The van der Waals surface area contributed by atoms with Crippen molar-refractivity contribution in [1.82, 2.24) is 0 Å². The van der Waals surface area contributed by atoms with E-state index in [2.05, 4.69) is 44.7 Å². The minimum Gasteiger partial charge on any atom is -0.193 e. The Labute approximate surface area is 86.7 Å². The molecule has 74 valence electrons. The van der Waals surface area contributed by atoms with Crippen LogP contribution in [0.2, 0.25) is 0 Å². The summed E-state index contributed by atoms with van der Waals surface area (Å²) in [6, 6.07) is 10.4. The van der Waals surface area contributed by atoms with Gasteiger partial charge < -0.3 is 0 Å². The molecule has 0 unspecified atom stereocenters. The predicted molar refractivity (Wildman–Crippen MR) is 61.0 cm³/mol. The van der Waals surface area contributed by atoms with E-state index < -0.39 is 0 Å². The molecule has 0 atom stereocenters. The Bertz CT molecular complexity index is 307. The Morgan fingerprint density at radius 3 is 2.57 bits per heavy atom. The third-order valence-corrected chi connectivity index (χ3v) is 1.71. The molecule has 1 aromatic carbocycles. The molecule has 0 aliphatic rings. The monoisotopic (exact) mass is 187 g/mol. The molecular formula is C13H17N. The molecule has 14 heavy (non-hydrogen) atoms. The molecule has 0 N–H and O–H groups in total. The quantitative estimate of drug-likeness (QED) is 0.648. The molecule has 1 heteroatoms. The molecule has 0 saturated heterocycles. The number of nitriles is 1. The van der Waals surface area contributed by atoms with Crippen LogP contribution in [-0.4, -0.2) is 0 Å². The van der Waals surface area contributed by atoms with Crippen LogP contribution in [0.4, 0.5) is 0 Å². The van der Waals surface area contributed by atoms with Gasteiger partial charge in [-0.05, 0) is 18.9 Å². The number of hydrogen-bond acceptors (Lipinski definition) is 1. The van der Waals surface area contributed by atoms with Crippen LogP contribution in [0.5, 0.6) is 0 Å². The molecular weight excluding hydrogens is 170 g/mol. The summed E-state index contributed by atoms with van der Waals surface area (Å²) in [5, 5.41) is 7.51. The SMILES string of the molecule is C=CC#N.CCCc1cccc(C)c1. The van der Waals surface area contributed by atoms with Gasteiger partial charge in [-0.2, -0.15) is 5.26 Å². The van der Waals surface area contributed by atoms with Crippen LogP contribution in [0.25, 0.3) is 0 Å². The minimum absolute atomic E-state index is 1.18. The van der Waals surface area contributed by atoms with Crippen LogP contribution in [-0.2, 0) is 6.42 Å². The summed E-state index contributed by atoms with van der Waals surface area (Å²) in [5.41, 5.74) is 2.83. The van der Waals surface area contributed by atoms with E-state index in [0.29, 0.717) is 0 Å². The molecule has 0 heterocycles. The number of benzene rings is 1. The second kappa shape index (κ2) is 8.07. The van der Waals surface area contributed by atoms with E-state index in [1.54, 1.807) is 6.07 Å². The third-order valence-electron chi connectivity index (χ3n) is 1.71. The third kappa shape index (κ3) is 6.02. The van der Waals surface area contributed by atoms with Gasteiger partial charge in [0, 0.05) is 6.08 Å². The summed E-state index contributed by atoms with van der Waals surface area (Å²) < 4.78 is 0. The predicted octanol–water partition coefficient (Wildman–Crippen LogP) is 3.64. The highest BCUT2D eigenvalue weighted by atomic mass is 14.2. The van der Waals surface area contributed by atoms with Crippen LogP contribution in [0.3, 0.4) is 0 Å². The van der Waals surface area contributed by atoms with Crippen LogP contribution in [0, 0.1) is 18.3 Å². The standard InChI is InChI=1S/C10H14.C3H3N/c1-3-5-10-7-4-6-9(2)8-10;1-2-3-4/h4,6-8H,3,5H2,1-2H3;2H,1H2. The fourth-order valence-corrected chi connectivity index (χ4v) is 1.16. The lowest BCUT2D eigenvalue weighted by Crippen LogP contribution is -1.82. The first kappa shape index (κ1) is 12.4. The molecule has 1 rings (SSSR count). The molecule has 0 aromatic heterocycles. The van der Waals surface area contributed by atoms with Crippen molar-refractivity contribution in [3.05, 3.63) is 48.0 Å². The Morgan fingerprint density at radius 1 is 1.50 bits per heavy atom. The van der Waals surface area contributed by atoms with Crippen molar-refractivity contribution >= 4 is 0 Å². The van der Waals surface area contributed by atoms with Gasteiger partial charge >= 0.3 is 0 Å². The van der Waals surface area contributed by atoms with Crippen molar-refractivity contribution in [3.8, 4) is 6.07 Å². The van der Waals surface area contributed by atoms with Crippen molar-refractivity contribution < 1.29 is 0 Å². The first-order valence-electron chi connectivity index (χ1n) is 4.80. The molecule has 0 fully saturated rings. The fourth-order valence-electron chi connectivity index (χ4n) is 1.16. The topological polar surface area (TPSA) is 23.8 Å². The van der Waals surface area contributed by atoms with E-state index in [9.17, 15) is 0 Å². The van der Waals surface area contributed by atoms with Crippen molar-refractivity contribution in [2.24, 2.45) is 0 Å². The number of hydrogen-bond donors (Lipinski definition) is 0. The molecule has 0 aliphatic carbocycles. The zero-order valence-electron chi connectivity index (χ0n) is 8.96. The highest BCUT2D eigenvalue weighted by Crippen LogP contribution is 2.05. The normalized spacial score (nSPS) is 8.07. The highest BCUT2D eigenvalue weighted by Gasteiger charge is 1.88. The van der Waals surface area contributed by atoms with Crippen LogP contribution in [0.1, 0.15) is 24.5 Å². The van der Waals surface area contributed by atoms with Gasteiger partial charge in [-0.15, -0.1) is 0 Å². The maximum absolute atomic E-state index is 7.51. The minimum atomic E-state index is 1.18. The second-order valence-corrected chi connectivity index (χ2v) is 3.07. The lowest BCUT2D eigenvalue weighted by atomic mass is 10.1. The number of aryl methyl sites for hydroxylation is 2. The van der Waals surface area contributed by atoms with Crippen molar-refractivity contribution in [2.75, 3.05) is 0 Å². The van der Waals surface area contributed by atoms with Gasteiger partial charge in [-0.3, -0.25) is 0 Å². The lowest BCUT2D eigenvalue weighted by molar-refractivity contribution is 0.920. The lowest BCUT2D eigenvalue weighted by Gasteiger charge is -1.97. The van der Waals surface area contributed by atoms with E-state index >= 15 is 0 Å². The summed E-state index contributed by atoms with van der Waals surface area (Å²) >= 11 is 0. The van der Waals surface area contributed by atoms with E-state index in [-0.39, 0.29) is 0 Å². The Balaban J connectivity index is 0.000000364. The van der Waals surface area contributed by atoms with Crippen LogP contribution in [0.15, 0.2) is 36.9 Å². The average Bonchev–Trinajstić information content (AvgIpc) is 2.19. The average molecular weight is 187 g/mol.